The van der Waals surface area contributed by atoms with Gasteiger partial charge in [-0.1, -0.05) is 54.1 Å². The minimum atomic E-state index is -0.754. The highest BCUT2D eigenvalue weighted by Gasteiger charge is 2.37. The van der Waals surface area contributed by atoms with Crippen molar-refractivity contribution in [2.75, 3.05) is 4.90 Å². The molecule has 166 valence electrons. The van der Waals surface area contributed by atoms with Gasteiger partial charge in [-0.15, -0.1) is 0 Å². The van der Waals surface area contributed by atoms with E-state index in [0.29, 0.717) is 23.6 Å². The fraction of sp³-hybridized carbons (Fsp3) is 0.148. The summed E-state index contributed by atoms with van der Waals surface area (Å²) in [5, 5.41) is 2.26. The number of nitrogens with one attached hydrogen (secondary N) is 1. The molecule has 6 heteroatoms. The predicted molar refractivity (Wildman–Crippen MR) is 127 cm³/mol. The predicted octanol–water partition coefficient (Wildman–Crippen LogP) is 4.86. The second-order valence-corrected chi connectivity index (χ2v) is 8.02. The summed E-state index contributed by atoms with van der Waals surface area (Å²) in [5.41, 5.74) is 4.98. The second-order valence-electron chi connectivity index (χ2n) is 8.02. The van der Waals surface area contributed by atoms with Gasteiger partial charge in [-0.3, -0.25) is 14.9 Å². The Bertz CT molecular complexity index is 1260. The summed E-state index contributed by atoms with van der Waals surface area (Å²) in [6, 6.07) is 19.8. The Morgan fingerprint density at radius 2 is 1.58 bits per heavy atom. The van der Waals surface area contributed by atoms with Crippen molar-refractivity contribution in [3.05, 3.63) is 100 Å². The number of hydrogen-bond acceptors (Lipinski definition) is 4. The SMILES string of the molecule is Cc1ccc(COc2ccc(/C=C3\C(=O)NC(=O)N(c4cccc(C)c4C)C3=O)cc2)cc1. The monoisotopic (exact) mass is 440 g/mol. The molecule has 1 saturated heterocycles. The van der Waals surface area contributed by atoms with Crippen molar-refractivity contribution in [2.24, 2.45) is 0 Å². The molecule has 1 heterocycles. The summed E-state index contributed by atoms with van der Waals surface area (Å²) in [6.45, 7) is 6.21. The Hall–Kier alpha value is -4.19. The molecule has 4 rings (SSSR count). The fourth-order valence-electron chi connectivity index (χ4n) is 3.53. The van der Waals surface area contributed by atoms with Crippen LogP contribution < -0.4 is 15.0 Å². The van der Waals surface area contributed by atoms with Crippen LogP contribution in [0.15, 0.2) is 72.3 Å². The zero-order chi connectivity index (χ0) is 23.5. The molecule has 3 aromatic carbocycles. The molecule has 1 N–H and O–H groups in total. The van der Waals surface area contributed by atoms with Gasteiger partial charge in [-0.05, 0) is 67.3 Å². The Labute approximate surface area is 192 Å². The molecule has 0 aromatic heterocycles. The average molecular weight is 440 g/mol. The van der Waals surface area contributed by atoms with Crippen LogP contribution in [0.3, 0.4) is 0 Å². The Balaban J connectivity index is 1.54. The molecule has 33 heavy (non-hydrogen) atoms. The van der Waals surface area contributed by atoms with Gasteiger partial charge >= 0.3 is 6.03 Å². The third-order valence-electron chi connectivity index (χ3n) is 5.64. The molecule has 3 aromatic rings. The number of anilines is 1. The number of aryl methyl sites for hydroxylation is 2. The highest BCUT2D eigenvalue weighted by molar-refractivity contribution is 6.39. The lowest BCUT2D eigenvalue weighted by atomic mass is 10.0. The Morgan fingerprint density at radius 1 is 0.879 bits per heavy atom. The van der Waals surface area contributed by atoms with E-state index in [2.05, 4.69) is 5.32 Å². The third kappa shape index (κ3) is 4.70. The van der Waals surface area contributed by atoms with Crippen molar-refractivity contribution in [3.8, 4) is 5.75 Å². The van der Waals surface area contributed by atoms with Gasteiger partial charge in [0.1, 0.15) is 17.9 Å². The van der Waals surface area contributed by atoms with Gasteiger partial charge in [0, 0.05) is 0 Å². The van der Waals surface area contributed by atoms with E-state index in [1.807, 2.05) is 51.1 Å². The molecule has 6 nitrogen and oxygen atoms in total. The van der Waals surface area contributed by atoms with E-state index in [1.54, 1.807) is 36.4 Å². The van der Waals surface area contributed by atoms with Crippen LogP contribution in [0.25, 0.3) is 6.08 Å². The second kappa shape index (κ2) is 9.12. The largest absolute Gasteiger partial charge is 0.489 e. The van der Waals surface area contributed by atoms with Crippen LogP contribution >= 0.6 is 0 Å². The molecule has 1 aliphatic rings. The molecule has 0 unspecified atom stereocenters. The average Bonchev–Trinajstić information content (AvgIpc) is 2.80. The molecule has 0 radical (unpaired) electrons. The molecule has 1 fully saturated rings. The normalized spacial score (nSPS) is 15.1. The van der Waals surface area contributed by atoms with E-state index in [1.165, 1.54) is 11.6 Å². The first-order valence-corrected chi connectivity index (χ1v) is 10.6. The van der Waals surface area contributed by atoms with Gasteiger partial charge in [-0.25, -0.2) is 9.69 Å². The quantitative estimate of drug-likeness (QED) is 0.454. The molecular weight excluding hydrogens is 416 g/mol. The first kappa shape index (κ1) is 22.0. The molecule has 0 saturated carbocycles. The zero-order valence-electron chi connectivity index (χ0n) is 18.7. The van der Waals surface area contributed by atoms with Crippen LogP contribution in [-0.2, 0) is 16.2 Å². The third-order valence-corrected chi connectivity index (χ3v) is 5.64. The van der Waals surface area contributed by atoms with Crippen molar-refractivity contribution in [1.29, 1.82) is 0 Å². The van der Waals surface area contributed by atoms with Gasteiger partial charge < -0.3 is 4.74 Å². The van der Waals surface area contributed by atoms with Gasteiger partial charge in [0.05, 0.1) is 5.69 Å². The first-order valence-electron chi connectivity index (χ1n) is 10.6. The summed E-state index contributed by atoms with van der Waals surface area (Å²) < 4.78 is 5.81. The van der Waals surface area contributed by atoms with Gasteiger partial charge in [0.15, 0.2) is 0 Å². The lowest BCUT2D eigenvalue weighted by Crippen LogP contribution is -2.54. The number of amides is 4. The van der Waals surface area contributed by atoms with Crippen LogP contribution in [0.1, 0.15) is 27.8 Å². The molecule has 1 aliphatic heterocycles. The van der Waals surface area contributed by atoms with E-state index >= 15 is 0 Å². The number of carbonyl (C=O) groups excluding carboxylic acids is 3. The molecule has 4 amide bonds. The molecule has 0 aliphatic carbocycles. The maximum Gasteiger partial charge on any atom is 0.335 e. The van der Waals surface area contributed by atoms with Crippen LogP contribution in [0.2, 0.25) is 0 Å². The Kier molecular flexibility index (Phi) is 6.09. The summed E-state index contributed by atoms with van der Waals surface area (Å²) in [4.78, 5) is 39.0. The van der Waals surface area contributed by atoms with Crippen molar-refractivity contribution in [1.82, 2.24) is 5.32 Å². The summed E-state index contributed by atoms with van der Waals surface area (Å²) >= 11 is 0. The van der Waals surface area contributed by atoms with Crippen LogP contribution in [-0.4, -0.2) is 17.8 Å². The number of rotatable bonds is 5. The topological polar surface area (TPSA) is 75.7 Å². The molecule has 0 atom stereocenters. The number of ether oxygens (including phenoxy) is 1. The molecule has 0 spiro atoms. The van der Waals surface area contributed by atoms with E-state index in [0.717, 1.165) is 21.6 Å². The van der Waals surface area contributed by atoms with Crippen molar-refractivity contribution >= 4 is 29.6 Å². The fourth-order valence-corrected chi connectivity index (χ4v) is 3.53. The smallest absolute Gasteiger partial charge is 0.335 e. The number of nitrogens with zero attached hydrogens (tertiary/aromatic N) is 1. The minimum absolute atomic E-state index is 0.108. The van der Waals surface area contributed by atoms with E-state index in [-0.39, 0.29) is 5.57 Å². The number of benzene rings is 3. The number of carbonyl (C=O) groups is 3. The summed E-state index contributed by atoms with van der Waals surface area (Å²) in [5.74, 6) is -0.701. The number of barbiturate groups is 1. The van der Waals surface area contributed by atoms with Crippen LogP contribution in [0.4, 0.5) is 10.5 Å². The Morgan fingerprint density at radius 3 is 2.27 bits per heavy atom. The number of hydrogen-bond donors (Lipinski definition) is 1. The van der Waals surface area contributed by atoms with Crippen LogP contribution in [0.5, 0.6) is 5.75 Å². The highest BCUT2D eigenvalue weighted by atomic mass is 16.5. The van der Waals surface area contributed by atoms with Crippen molar-refractivity contribution in [3.63, 3.8) is 0 Å². The number of urea groups is 1. The lowest BCUT2D eigenvalue weighted by Gasteiger charge is -2.28. The van der Waals surface area contributed by atoms with Gasteiger partial charge in [0.25, 0.3) is 11.8 Å². The zero-order valence-corrected chi connectivity index (χ0v) is 18.7. The van der Waals surface area contributed by atoms with Crippen molar-refractivity contribution in [2.45, 2.75) is 27.4 Å². The summed E-state index contributed by atoms with van der Waals surface area (Å²) in [7, 11) is 0. The van der Waals surface area contributed by atoms with Gasteiger partial charge in [0.2, 0.25) is 0 Å². The number of imide groups is 2. The maximum absolute atomic E-state index is 13.1. The maximum atomic E-state index is 13.1. The van der Waals surface area contributed by atoms with E-state index in [9.17, 15) is 14.4 Å². The standard InChI is InChI=1S/C27H24N2O4/c1-17-7-9-21(10-8-17)16-33-22-13-11-20(12-14-22)15-23-25(30)28-27(32)29(26(23)31)24-6-4-5-18(2)19(24)3/h4-15H,16H2,1-3H3,(H,28,30,32)/b23-15+. The highest BCUT2D eigenvalue weighted by Crippen LogP contribution is 2.27. The first-order chi connectivity index (χ1) is 15.8. The summed E-state index contributed by atoms with van der Waals surface area (Å²) in [6.07, 6.45) is 1.48. The lowest BCUT2D eigenvalue weighted by molar-refractivity contribution is -0.122. The van der Waals surface area contributed by atoms with E-state index < -0.39 is 17.8 Å². The van der Waals surface area contributed by atoms with Crippen LogP contribution in [0, 0.1) is 20.8 Å². The molecule has 0 bridgehead atoms. The van der Waals surface area contributed by atoms with Gasteiger partial charge in [-0.2, -0.15) is 0 Å². The minimum Gasteiger partial charge on any atom is -0.489 e. The van der Waals surface area contributed by atoms with E-state index in [4.69, 9.17) is 4.74 Å². The van der Waals surface area contributed by atoms with Crippen molar-refractivity contribution < 1.29 is 19.1 Å². The molecular formula is C27H24N2O4.